The van der Waals surface area contributed by atoms with Gasteiger partial charge in [-0.1, -0.05) is 0 Å². The molecule has 1 unspecified atom stereocenters. The number of hydrogen-bond donors (Lipinski definition) is 0. The Bertz CT molecular complexity index is 122. The molecular formula is C8H15NO. The van der Waals surface area contributed by atoms with Gasteiger partial charge in [-0.25, -0.2) is 0 Å². The van der Waals surface area contributed by atoms with Crippen molar-refractivity contribution in [3.05, 3.63) is 0 Å². The molecule has 2 rings (SSSR count). The van der Waals surface area contributed by atoms with Crippen molar-refractivity contribution in [2.45, 2.75) is 31.4 Å². The standard InChI is InChI=1S/C8H15NO/c1-10-8-4-5-9(6-8)7-2-3-7/h7-8H,2-6H2,1H3. The van der Waals surface area contributed by atoms with Crippen LogP contribution in [0.4, 0.5) is 0 Å². The van der Waals surface area contributed by atoms with Gasteiger partial charge < -0.3 is 4.74 Å². The average Bonchev–Trinajstić information content (AvgIpc) is 2.70. The largest absolute Gasteiger partial charge is 0.380 e. The third-order valence-corrected chi connectivity index (χ3v) is 2.57. The lowest BCUT2D eigenvalue weighted by Crippen LogP contribution is -2.24. The highest BCUT2D eigenvalue weighted by molar-refractivity contribution is 4.89. The van der Waals surface area contributed by atoms with Gasteiger partial charge in [0.15, 0.2) is 0 Å². The van der Waals surface area contributed by atoms with Gasteiger partial charge in [-0.2, -0.15) is 0 Å². The number of hydrogen-bond acceptors (Lipinski definition) is 2. The maximum atomic E-state index is 5.28. The normalized spacial score (nSPS) is 35.1. The van der Waals surface area contributed by atoms with Crippen LogP contribution in [0.15, 0.2) is 0 Å². The first-order valence-electron chi connectivity index (χ1n) is 4.17. The zero-order valence-electron chi connectivity index (χ0n) is 6.55. The third kappa shape index (κ3) is 1.18. The van der Waals surface area contributed by atoms with E-state index in [4.69, 9.17) is 4.74 Å². The van der Waals surface area contributed by atoms with E-state index in [1.54, 1.807) is 0 Å². The predicted octanol–water partition coefficient (Wildman–Crippen LogP) is 0.869. The second kappa shape index (κ2) is 2.51. The van der Waals surface area contributed by atoms with E-state index in [0.29, 0.717) is 6.10 Å². The molecule has 0 aromatic carbocycles. The SMILES string of the molecule is COC1CCN(C2CC2)C1. The van der Waals surface area contributed by atoms with Gasteiger partial charge in [0.25, 0.3) is 0 Å². The molecular weight excluding hydrogens is 126 g/mol. The molecule has 0 amide bonds. The topological polar surface area (TPSA) is 12.5 Å². The Morgan fingerprint density at radius 3 is 2.60 bits per heavy atom. The molecule has 1 aliphatic carbocycles. The lowest BCUT2D eigenvalue weighted by Gasteiger charge is -2.13. The Labute approximate surface area is 62.2 Å². The van der Waals surface area contributed by atoms with E-state index in [1.165, 1.54) is 32.4 Å². The van der Waals surface area contributed by atoms with E-state index in [-0.39, 0.29) is 0 Å². The molecule has 1 saturated carbocycles. The molecule has 58 valence electrons. The van der Waals surface area contributed by atoms with Crippen molar-refractivity contribution in [1.82, 2.24) is 4.90 Å². The molecule has 2 fully saturated rings. The number of methoxy groups -OCH3 is 1. The molecule has 1 heterocycles. The molecule has 2 heteroatoms. The van der Waals surface area contributed by atoms with Crippen molar-refractivity contribution >= 4 is 0 Å². The Hall–Kier alpha value is -0.0800. The van der Waals surface area contributed by atoms with Gasteiger partial charge in [0, 0.05) is 26.2 Å². The molecule has 0 aromatic rings. The summed E-state index contributed by atoms with van der Waals surface area (Å²) in [6.45, 7) is 2.45. The number of nitrogens with zero attached hydrogens (tertiary/aromatic N) is 1. The Kier molecular flexibility index (Phi) is 1.66. The van der Waals surface area contributed by atoms with Crippen molar-refractivity contribution in [3.63, 3.8) is 0 Å². The molecule has 1 aliphatic heterocycles. The summed E-state index contributed by atoms with van der Waals surface area (Å²) in [5.41, 5.74) is 0. The number of likely N-dealkylation sites (tertiary alicyclic amines) is 1. The molecule has 0 bridgehead atoms. The van der Waals surface area contributed by atoms with Crippen LogP contribution >= 0.6 is 0 Å². The summed E-state index contributed by atoms with van der Waals surface area (Å²) < 4.78 is 5.28. The summed E-state index contributed by atoms with van der Waals surface area (Å²) >= 11 is 0. The van der Waals surface area contributed by atoms with E-state index in [9.17, 15) is 0 Å². The summed E-state index contributed by atoms with van der Waals surface area (Å²) in [5.74, 6) is 0. The van der Waals surface area contributed by atoms with Crippen LogP contribution < -0.4 is 0 Å². The number of rotatable bonds is 2. The Morgan fingerprint density at radius 1 is 1.30 bits per heavy atom. The maximum absolute atomic E-state index is 5.28. The summed E-state index contributed by atoms with van der Waals surface area (Å²) in [6.07, 6.45) is 4.63. The van der Waals surface area contributed by atoms with Crippen molar-refractivity contribution in [1.29, 1.82) is 0 Å². The van der Waals surface area contributed by atoms with Crippen LogP contribution in [0, 0.1) is 0 Å². The monoisotopic (exact) mass is 141 g/mol. The zero-order valence-corrected chi connectivity index (χ0v) is 6.55. The van der Waals surface area contributed by atoms with E-state index in [0.717, 1.165) is 6.04 Å². The van der Waals surface area contributed by atoms with Crippen molar-refractivity contribution in [3.8, 4) is 0 Å². The van der Waals surface area contributed by atoms with E-state index in [1.807, 2.05) is 7.11 Å². The Morgan fingerprint density at radius 2 is 2.10 bits per heavy atom. The molecule has 2 aliphatic rings. The van der Waals surface area contributed by atoms with Gasteiger partial charge in [-0.15, -0.1) is 0 Å². The first kappa shape index (κ1) is 6.62. The van der Waals surface area contributed by atoms with Gasteiger partial charge in [-0.3, -0.25) is 4.90 Å². The van der Waals surface area contributed by atoms with E-state index < -0.39 is 0 Å². The smallest absolute Gasteiger partial charge is 0.0710 e. The molecule has 10 heavy (non-hydrogen) atoms. The van der Waals surface area contributed by atoms with Crippen LogP contribution in [0.3, 0.4) is 0 Å². The van der Waals surface area contributed by atoms with Crippen LogP contribution in [0.5, 0.6) is 0 Å². The van der Waals surface area contributed by atoms with Crippen molar-refractivity contribution < 1.29 is 4.74 Å². The van der Waals surface area contributed by atoms with Crippen LogP contribution in [0.2, 0.25) is 0 Å². The molecule has 1 atom stereocenters. The maximum Gasteiger partial charge on any atom is 0.0710 e. The van der Waals surface area contributed by atoms with Crippen molar-refractivity contribution in [2.24, 2.45) is 0 Å². The summed E-state index contributed by atoms with van der Waals surface area (Å²) in [6, 6.07) is 0.931. The quantitative estimate of drug-likeness (QED) is 0.565. The second-order valence-electron chi connectivity index (χ2n) is 3.37. The number of ether oxygens (including phenoxy) is 1. The highest BCUT2D eigenvalue weighted by atomic mass is 16.5. The fourth-order valence-electron chi connectivity index (χ4n) is 1.72. The molecule has 0 N–H and O–H groups in total. The Balaban J connectivity index is 1.81. The van der Waals surface area contributed by atoms with Gasteiger partial charge in [0.1, 0.15) is 0 Å². The van der Waals surface area contributed by atoms with E-state index >= 15 is 0 Å². The predicted molar refractivity (Wildman–Crippen MR) is 40.0 cm³/mol. The van der Waals surface area contributed by atoms with Crippen LogP contribution in [-0.4, -0.2) is 37.2 Å². The molecule has 0 radical (unpaired) electrons. The molecule has 0 spiro atoms. The van der Waals surface area contributed by atoms with E-state index in [2.05, 4.69) is 4.90 Å². The van der Waals surface area contributed by atoms with Gasteiger partial charge in [-0.05, 0) is 19.3 Å². The minimum absolute atomic E-state index is 0.528. The fourth-order valence-corrected chi connectivity index (χ4v) is 1.72. The first-order valence-corrected chi connectivity index (χ1v) is 4.17. The first-order chi connectivity index (χ1) is 4.90. The average molecular weight is 141 g/mol. The second-order valence-corrected chi connectivity index (χ2v) is 3.37. The molecule has 0 aromatic heterocycles. The van der Waals surface area contributed by atoms with Crippen molar-refractivity contribution in [2.75, 3.05) is 20.2 Å². The van der Waals surface area contributed by atoms with Gasteiger partial charge >= 0.3 is 0 Å². The lowest BCUT2D eigenvalue weighted by molar-refractivity contribution is 0.107. The lowest BCUT2D eigenvalue weighted by atomic mass is 10.3. The zero-order chi connectivity index (χ0) is 6.97. The highest BCUT2D eigenvalue weighted by Gasteiger charge is 2.34. The van der Waals surface area contributed by atoms with Gasteiger partial charge in [0.05, 0.1) is 6.10 Å². The minimum Gasteiger partial charge on any atom is -0.380 e. The van der Waals surface area contributed by atoms with Gasteiger partial charge in [0.2, 0.25) is 0 Å². The summed E-state index contributed by atoms with van der Waals surface area (Å²) in [7, 11) is 1.82. The minimum atomic E-state index is 0.528. The molecule has 2 nitrogen and oxygen atoms in total. The van der Waals surface area contributed by atoms with Crippen LogP contribution in [0.1, 0.15) is 19.3 Å². The third-order valence-electron chi connectivity index (χ3n) is 2.57. The van der Waals surface area contributed by atoms with Crippen LogP contribution in [0.25, 0.3) is 0 Å². The fraction of sp³-hybridized carbons (Fsp3) is 1.00. The highest BCUT2D eigenvalue weighted by Crippen LogP contribution is 2.30. The summed E-state index contributed by atoms with van der Waals surface area (Å²) in [4.78, 5) is 2.56. The summed E-state index contributed by atoms with van der Waals surface area (Å²) in [5, 5.41) is 0. The molecule has 1 saturated heterocycles. The van der Waals surface area contributed by atoms with Crippen LogP contribution in [-0.2, 0) is 4.74 Å².